The Balaban J connectivity index is 1.70. The lowest BCUT2D eigenvalue weighted by Crippen LogP contribution is -1.80. The van der Waals surface area contributed by atoms with Gasteiger partial charge in [-0.1, -0.05) is 29.4 Å². The first kappa shape index (κ1) is 13.1. The molecule has 1 aromatic carbocycles. The predicted octanol–water partition coefficient (Wildman–Crippen LogP) is 3.37. The second-order valence-corrected chi connectivity index (χ2v) is 5.25. The van der Waals surface area contributed by atoms with Crippen LogP contribution in [0.25, 0.3) is 11.5 Å². The molecule has 0 aliphatic heterocycles. The largest absolute Gasteiger partial charge is 0.425 e. The molecule has 0 aliphatic rings. The molecule has 0 unspecified atom stereocenters. The molecule has 0 aliphatic carbocycles. The fourth-order valence-corrected chi connectivity index (χ4v) is 2.32. The summed E-state index contributed by atoms with van der Waals surface area (Å²) in [7, 11) is 0. The first-order valence-electron chi connectivity index (χ1n) is 5.72. The van der Waals surface area contributed by atoms with Gasteiger partial charge in [0.15, 0.2) is 0 Å². The zero-order valence-electron chi connectivity index (χ0n) is 10.4. The number of hydrogen-bond donors (Lipinski definition) is 0. The van der Waals surface area contributed by atoms with Crippen LogP contribution in [0.1, 0.15) is 11.8 Å². The van der Waals surface area contributed by atoms with Crippen LogP contribution in [0.15, 0.2) is 38.3 Å². The molecule has 0 spiro atoms. The van der Waals surface area contributed by atoms with E-state index in [9.17, 15) is 0 Å². The minimum atomic E-state index is 0.428. The molecule has 0 radical (unpaired) electrons. The number of benzene rings is 1. The van der Waals surface area contributed by atoms with Gasteiger partial charge < -0.3 is 8.83 Å². The molecule has 0 saturated heterocycles. The van der Waals surface area contributed by atoms with Gasteiger partial charge in [0.2, 0.25) is 17.7 Å². The molecule has 3 aromatic rings. The molecular weight excluding hydrogens is 300 g/mol. The topological polar surface area (TPSA) is 77.8 Å². The van der Waals surface area contributed by atoms with Crippen LogP contribution in [-0.2, 0) is 5.75 Å². The first-order valence-corrected chi connectivity index (χ1v) is 7.08. The maximum atomic E-state index is 5.92. The Morgan fingerprint density at radius 1 is 1.15 bits per heavy atom. The minimum Gasteiger partial charge on any atom is -0.425 e. The maximum Gasteiger partial charge on any atom is 0.277 e. The lowest BCUT2D eigenvalue weighted by molar-refractivity contribution is 0.462. The van der Waals surface area contributed by atoms with Crippen molar-refractivity contribution in [2.75, 3.05) is 0 Å². The standard InChI is InChI=1S/C12H9ClN4O2S/c1-7-14-15-10(18-7)6-20-12-17-16-11(19-12)8-3-2-4-9(13)5-8/h2-5H,6H2,1H3. The van der Waals surface area contributed by atoms with Gasteiger partial charge in [-0.05, 0) is 18.2 Å². The van der Waals surface area contributed by atoms with Gasteiger partial charge >= 0.3 is 0 Å². The first-order chi connectivity index (χ1) is 9.70. The average Bonchev–Trinajstić information content (AvgIpc) is 3.05. The van der Waals surface area contributed by atoms with Crippen LogP contribution < -0.4 is 0 Å². The molecule has 0 N–H and O–H groups in total. The normalized spacial score (nSPS) is 10.9. The lowest BCUT2D eigenvalue weighted by Gasteiger charge is -1.94. The van der Waals surface area contributed by atoms with Gasteiger partial charge in [0.25, 0.3) is 5.22 Å². The van der Waals surface area contributed by atoms with E-state index in [1.165, 1.54) is 11.8 Å². The molecule has 0 saturated carbocycles. The summed E-state index contributed by atoms with van der Waals surface area (Å²) in [5.74, 6) is 1.97. The summed E-state index contributed by atoms with van der Waals surface area (Å²) in [6, 6.07) is 7.24. The smallest absolute Gasteiger partial charge is 0.277 e. The summed E-state index contributed by atoms with van der Waals surface area (Å²) in [6.07, 6.45) is 0. The lowest BCUT2D eigenvalue weighted by atomic mass is 10.2. The third-order valence-electron chi connectivity index (χ3n) is 2.37. The van der Waals surface area contributed by atoms with Crippen molar-refractivity contribution >= 4 is 23.4 Å². The van der Waals surface area contributed by atoms with E-state index in [1.807, 2.05) is 12.1 Å². The number of nitrogens with zero attached hydrogens (tertiary/aromatic N) is 4. The summed E-state index contributed by atoms with van der Waals surface area (Å²) in [5.41, 5.74) is 0.783. The van der Waals surface area contributed by atoms with E-state index in [0.717, 1.165) is 5.56 Å². The predicted molar refractivity (Wildman–Crippen MR) is 73.3 cm³/mol. The molecular formula is C12H9ClN4O2S. The Labute approximate surface area is 123 Å². The van der Waals surface area contributed by atoms with Crippen LogP contribution in [0.4, 0.5) is 0 Å². The molecule has 6 nitrogen and oxygen atoms in total. The molecule has 0 bridgehead atoms. The fourth-order valence-electron chi connectivity index (χ4n) is 1.53. The van der Waals surface area contributed by atoms with E-state index in [1.54, 1.807) is 19.1 Å². The number of halogens is 1. The Kier molecular flexibility index (Phi) is 3.70. The van der Waals surface area contributed by atoms with E-state index in [0.29, 0.717) is 33.7 Å². The van der Waals surface area contributed by atoms with Crippen LogP contribution in [0.5, 0.6) is 0 Å². The van der Waals surface area contributed by atoms with Crippen molar-refractivity contribution in [3.05, 3.63) is 41.1 Å². The van der Waals surface area contributed by atoms with Crippen molar-refractivity contribution in [1.82, 2.24) is 20.4 Å². The van der Waals surface area contributed by atoms with Crippen molar-refractivity contribution in [2.24, 2.45) is 0 Å². The van der Waals surface area contributed by atoms with Gasteiger partial charge in [-0.2, -0.15) is 0 Å². The quantitative estimate of drug-likeness (QED) is 0.684. The summed E-state index contributed by atoms with van der Waals surface area (Å²) in [4.78, 5) is 0. The monoisotopic (exact) mass is 308 g/mol. The van der Waals surface area contributed by atoms with Gasteiger partial charge in [-0.3, -0.25) is 0 Å². The zero-order valence-corrected chi connectivity index (χ0v) is 12.0. The Morgan fingerprint density at radius 2 is 2.05 bits per heavy atom. The number of aryl methyl sites for hydroxylation is 1. The van der Waals surface area contributed by atoms with E-state index < -0.39 is 0 Å². The van der Waals surface area contributed by atoms with E-state index in [2.05, 4.69) is 20.4 Å². The van der Waals surface area contributed by atoms with Crippen molar-refractivity contribution in [1.29, 1.82) is 0 Å². The van der Waals surface area contributed by atoms with Crippen molar-refractivity contribution < 1.29 is 8.83 Å². The van der Waals surface area contributed by atoms with Gasteiger partial charge in [0.05, 0.1) is 5.75 Å². The number of thioether (sulfide) groups is 1. The Hall–Kier alpha value is -1.86. The minimum absolute atomic E-state index is 0.428. The van der Waals surface area contributed by atoms with Crippen LogP contribution in [0.2, 0.25) is 5.02 Å². The highest BCUT2D eigenvalue weighted by Gasteiger charge is 2.11. The molecule has 0 fully saturated rings. The average molecular weight is 309 g/mol. The number of hydrogen-bond acceptors (Lipinski definition) is 7. The number of rotatable bonds is 4. The summed E-state index contributed by atoms with van der Waals surface area (Å²) in [5, 5.41) is 16.6. The highest BCUT2D eigenvalue weighted by atomic mass is 35.5. The molecule has 20 heavy (non-hydrogen) atoms. The highest BCUT2D eigenvalue weighted by molar-refractivity contribution is 7.98. The van der Waals surface area contributed by atoms with E-state index in [4.69, 9.17) is 20.4 Å². The van der Waals surface area contributed by atoms with Gasteiger partial charge in [-0.25, -0.2) is 0 Å². The second-order valence-electron chi connectivity index (χ2n) is 3.89. The van der Waals surface area contributed by atoms with E-state index >= 15 is 0 Å². The summed E-state index contributed by atoms with van der Waals surface area (Å²) < 4.78 is 10.8. The van der Waals surface area contributed by atoms with Gasteiger partial charge in [0, 0.05) is 17.5 Å². The second kappa shape index (κ2) is 5.64. The van der Waals surface area contributed by atoms with Crippen molar-refractivity contribution in [2.45, 2.75) is 17.9 Å². The van der Waals surface area contributed by atoms with Crippen molar-refractivity contribution in [3.8, 4) is 11.5 Å². The van der Waals surface area contributed by atoms with Gasteiger partial charge in [-0.15, -0.1) is 20.4 Å². The van der Waals surface area contributed by atoms with Crippen LogP contribution in [0, 0.1) is 6.92 Å². The Bertz CT molecular complexity index is 728. The van der Waals surface area contributed by atoms with Gasteiger partial charge in [0.1, 0.15) is 0 Å². The molecule has 3 rings (SSSR count). The summed E-state index contributed by atoms with van der Waals surface area (Å²) >= 11 is 7.26. The van der Waals surface area contributed by atoms with Crippen LogP contribution in [0.3, 0.4) is 0 Å². The maximum absolute atomic E-state index is 5.92. The molecule has 102 valence electrons. The third kappa shape index (κ3) is 3.00. The van der Waals surface area contributed by atoms with Crippen LogP contribution in [-0.4, -0.2) is 20.4 Å². The molecule has 0 amide bonds. The molecule has 0 atom stereocenters. The molecule has 2 heterocycles. The van der Waals surface area contributed by atoms with E-state index in [-0.39, 0.29) is 0 Å². The number of aromatic nitrogens is 4. The third-order valence-corrected chi connectivity index (χ3v) is 3.40. The fraction of sp³-hybridized carbons (Fsp3) is 0.167. The highest BCUT2D eigenvalue weighted by Crippen LogP contribution is 2.26. The van der Waals surface area contributed by atoms with Crippen LogP contribution >= 0.6 is 23.4 Å². The Morgan fingerprint density at radius 3 is 2.80 bits per heavy atom. The molecule has 2 aromatic heterocycles. The summed E-state index contributed by atoms with van der Waals surface area (Å²) in [6.45, 7) is 1.74. The van der Waals surface area contributed by atoms with Crippen molar-refractivity contribution in [3.63, 3.8) is 0 Å². The molecule has 8 heteroatoms. The SMILES string of the molecule is Cc1nnc(CSc2nnc(-c3cccc(Cl)c3)o2)o1. The zero-order chi connectivity index (χ0) is 13.9.